The zero-order chi connectivity index (χ0) is 16.5. The van der Waals surface area contributed by atoms with Gasteiger partial charge in [0.05, 0.1) is 13.0 Å². The van der Waals surface area contributed by atoms with Crippen LogP contribution in [0.1, 0.15) is 27.2 Å². The molecule has 0 fully saturated rings. The zero-order valence-electron chi connectivity index (χ0n) is 12.8. The summed E-state index contributed by atoms with van der Waals surface area (Å²) < 4.78 is 9.91. The monoisotopic (exact) mass is 297 g/mol. The van der Waals surface area contributed by atoms with Gasteiger partial charge in [0.25, 0.3) is 0 Å². The second-order valence-corrected chi connectivity index (χ2v) is 5.27. The Morgan fingerprint density at radius 2 is 1.86 bits per heavy atom. The maximum Gasteiger partial charge on any atom is 0.407 e. The van der Waals surface area contributed by atoms with Crippen molar-refractivity contribution in [3.63, 3.8) is 0 Å². The number of alkyl carbamates (subject to hydrolysis) is 1. The Morgan fingerprint density at radius 3 is 2.38 bits per heavy atom. The van der Waals surface area contributed by atoms with Crippen molar-refractivity contribution in [2.24, 2.45) is 0 Å². The third-order valence-electron chi connectivity index (χ3n) is 1.95. The maximum absolute atomic E-state index is 11.5. The van der Waals surface area contributed by atoms with Crippen molar-refractivity contribution >= 4 is 12.1 Å². The lowest BCUT2D eigenvalue weighted by molar-refractivity contribution is -0.138. The summed E-state index contributed by atoms with van der Waals surface area (Å²) in [5.74, 6) is -0.401. The molecular formula is C15H23NO5. The summed E-state index contributed by atoms with van der Waals surface area (Å²) in [5.41, 5.74) is -0.113. The molecule has 0 aromatic carbocycles. The number of amides is 1. The maximum atomic E-state index is 11.5. The number of hydrogen-bond acceptors (Lipinski definition) is 5. The molecule has 0 aromatic rings. The summed E-state index contributed by atoms with van der Waals surface area (Å²) in [7, 11) is 0. The van der Waals surface area contributed by atoms with Crippen LogP contribution in [-0.2, 0) is 14.3 Å². The summed E-state index contributed by atoms with van der Waals surface area (Å²) in [5, 5.41) is 11.2. The summed E-state index contributed by atoms with van der Waals surface area (Å²) in [6.07, 6.45) is 2.33. The van der Waals surface area contributed by atoms with Crippen LogP contribution >= 0.6 is 0 Å². The van der Waals surface area contributed by atoms with Crippen molar-refractivity contribution in [3.8, 4) is 0 Å². The molecule has 0 bridgehead atoms. The van der Waals surface area contributed by atoms with Gasteiger partial charge in [-0.2, -0.15) is 0 Å². The highest BCUT2D eigenvalue weighted by atomic mass is 16.6. The molecule has 2 N–H and O–H groups in total. The fraction of sp³-hybridized carbons (Fsp3) is 0.467. The van der Waals surface area contributed by atoms with Crippen molar-refractivity contribution in [2.45, 2.75) is 32.8 Å². The number of aliphatic hydroxyl groups excluding tert-OH is 1. The van der Waals surface area contributed by atoms with E-state index in [-0.39, 0.29) is 25.3 Å². The molecule has 0 rings (SSSR count). The lowest BCUT2D eigenvalue weighted by Gasteiger charge is -2.19. The van der Waals surface area contributed by atoms with Crippen LogP contribution in [0.4, 0.5) is 4.79 Å². The first-order valence-electron chi connectivity index (χ1n) is 6.47. The van der Waals surface area contributed by atoms with Gasteiger partial charge in [-0.15, -0.1) is 0 Å². The first kappa shape index (κ1) is 18.9. The molecule has 6 nitrogen and oxygen atoms in total. The first-order valence-corrected chi connectivity index (χ1v) is 6.47. The van der Waals surface area contributed by atoms with Crippen molar-refractivity contribution in [1.29, 1.82) is 0 Å². The Kier molecular flexibility index (Phi) is 8.08. The van der Waals surface area contributed by atoms with Gasteiger partial charge in [0.1, 0.15) is 11.4 Å². The van der Waals surface area contributed by atoms with E-state index in [9.17, 15) is 9.59 Å². The Morgan fingerprint density at radius 1 is 1.24 bits per heavy atom. The Labute approximate surface area is 125 Å². The van der Waals surface area contributed by atoms with E-state index in [0.717, 1.165) is 0 Å². The van der Waals surface area contributed by atoms with Crippen LogP contribution in [0, 0.1) is 0 Å². The normalized spacial score (nSPS) is 11.0. The molecule has 21 heavy (non-hydrogen) atoms. The van der Waals surface area contributed by atoms with Crippen molar-refractivity contribution in [3.05, 3.63) is 36.6 Å². The highest BCUT2D eigenvalue weighted by molar-refractivity contribution is 5.73. The summed E-state index contributed by atoms with van der Waals surface area (Å²) >= 11 is 0. The number of allylic oxidation sites excluding steroid dienone is 1. The Balaban J connectivity index is 3.96. The largest absolute Gasteiger partial charge is 0.444 e. The predicted molar refractivity (Wildman–Crippen MR) is 79.5 cm³/mol. The van der Waals surface area contributed by atoms with E-state index in [2.05, 4.69) is 18.5 Å². The van der Waals surface area contributed by atoms with Crippen LogP contribution in [-0.4, -0.2) is 35.9 Å². The number of nitrogens with one attached hydrogen (secondary N) is 1. The van der Waals surface area contributed by atoms with E-state index in [1.807, 2.05) is 0 Å². The second kappa shape index (κ2) is 8.97. The molecule has 0 aliphatic rings. The topological polar surface area (TPSA) is 84.9 Å². The first-order chi connectivity index (χ1) is 9.64. The van der Waals surface area contributed by atoms with Crippen LogP contribution < -0.4 is 5.32 Å². The molecule has 1 amide bonds. The smallest absolute Gasteiger partial charge is 0.407 e. The molecule has 0 heterocycles. The molecule has 0 unspecified atom stereocenters. The second-order valence-electron chi connectivity index (χ2n) is 5.27. The van der Waals surface area contributed by atoms with Gasteiger partial charge in [-0.3, -0.25) is 4.79 Å². The average Bonchev–Trinajstić information content (AvgIpc) is 2.33. The summed E-state index contributed by atoms with van der Waals surface area (Å²) in [6, 6.07) is 0. The SMILES string of the molecule is C=C(C=CC(=C)OC(=O)CCNC(=O)OC(C)(C)C)CO. The molecule has 118 valence electrons. The molecule has 0 saturated carbocycles. The van der Waals surface area contributed by atoms with E-state index < -0.39 is 17.7 Å². The van der Waals surface area contributed by atoms with Crippen LogP contribution in [0.3, 0.4) is 0 Å². The van der Waals surface area contributed by atoms with Gasteiger partial charge < -0.3 is 19.9 Å². The number of aliphatic hydroxyl groups is 1. The van der Waals surface area contributed by atoms with Gasteiger partial charge in [-0.05, 0) is 32.4 Å². The molecule has 0 aliphatic carbocycles. The zero-order valence-corrected chi connectivity index (χ0v) is 12.8. The minimum absolute atomic E-state index is 0.00690. The number of carbonyl (C=O) groups is 2. The van der Waals surface area contributed by atoms with Gasteiger partial charge in [0.2, 0.25) is 0 Å². The van der Waals surface area contributed by atoms with Gasteiger partial charge >= 0.3 is 12.1 Å². The minimum Gasteiger partial charge on any atom is -0.444 e. The highest BCUT2D eigenvalue weighted by Gasteiger charge is 2.16. The minimum atomic E-state index is -0.590. The quantitative estimate of drug-likeness (QED) is 0.427. The van der Waals surface area contributed by atoms with Gasteiger partial charge in [0.15, 0.2) is 0 Å². The Bertz CT molecular complexity index is 432. The fourth-order valence-corrected chi connectivity index (χ4v) is 1.08. The molecule has 6 heteroatoms. The third kappa shape index (κ3) is 11.4. The Hall–Kier alpha value is -2.08. The molecule has 0 aliphatic heterocycles. The molecule has 0 saturated heterocycles. The lowest BCUT2D eigenvalue weighted by atomic mass is 10.2. The van der Waals surface area contributed by atoms with E-state index in [1.54, 1.807) is 20.8 Å². The van der Waals surface area contributed by atoms with Gasteiger partial charge in [-0.1, -0.05) is 19.2 Å². The number of carbonyl (C=O) groups excluding carboxylic acids is 2. The summed E-state index contributed by atoms with van der Waals surface area (Å²) in [6.45, 7) is 12.2. The standard InChI is InChI=1S/C15H23NO5/c1-11(10-17)6-7-12(2)20-13(18)8-9-16-14(19)21-15(3,4)5/h6-7,17H,1-2,8-10H2,3-5H3,(H,16,19). The number of hydrogen-bond donors (Lipinski definition) is 2. The van der Waals surface area contributed by atoms with E-state index in [4.69, 9.17) is 14.6 Å². The van der Waals surface area contributed by atoms with Crippen molar-refractivity contribution < 1.29 is 24.2 Å². The van der Waals surface area contributed by atoms with Crippen LogP contribution in [0.25, 0.3) is 0 Å². The number of esters is 1. The third-order valence-corrected chi connectivity index (χ3v) is 1.95. The van der Waals surface area contributed by atoms with Gasteiger partial charge in [0, 0.05) is 6.54 Å². The molecule has 0 atom stereocenters. The molecule has 0 spiro atoms. The number of rotatable bonds is 7. The predicted octanol–water partition coefficient (Wildman–Crippen LogP) is 2.06. The molecule has 0 radical (unpaired) electrons. The van der Waals surface area contributed by atoms with Crippen molar-refractivity contribution in [2.75, 3.05) is 13.2 Å². The lowest BCUT2D eigenvalue weighted by Crippen LogP contribution is -2.33. The van der Waals surface area contributed by atoms with E-state index in [0.29, 0.717) is 5.57 Å². The van der Waals surface area contributed by atoms with E-state index in [1.165, 1.54) is 12.2 Å². The molecule has 0 aromatic heterocycles. The van der Waals surface area contributed by atoms with E-state index >= 15 is 0 Å². The highest BCUT2D eigenvalue weighted by Crippen LogP contribution is 2.06. The van der Waals surface area contributed by atoms with Gasteiger partial charge in [-0.25, -0.2) is 4.79 Å². The van der Waals surface area contributed by atoms with Crippen LogP contribution in [0.5, 0.6) is 0 Å². The fourth-order valence-electron chi connectivity index (χ4n) is 1.08. The van der Waals surface area contributed by atoms with Crippen LogP contribution in [0.2, 0.25) is 0 Å². The summed E-state index contributed by atoms with van der Waals surface area (Å²) in [4.78, 5) is 22.8. The number of ether oxygens (including phenoxy) is 2. The van der Waals surface area contributed by atoms with Crippen molar-refractivity contribution in [1.82, 2.24) is 5.32 Å². The average molecular weight is 297 g/mol. The molecular weight excluding hydrogens is 274 g/mol. The van der Waals surface area contributed by atoms with Crippen LogP contribution in [0.15, 0.2) is 36.6 Å².